The van der Waals surface area contributed by atoms with Crippen LogP contribution in [0.15, 0.2) is 29.5 Å². The first-order chi connectivity index (χ1) is 8.99. The second-order valence-corrected chi connectivity index (χ2v) is 4.11. The standard InChI is InChI=1S/C15H20N4/c1-6-8-14-10(3)18-12(5)19-15(14)13(7-2)9-17-11(4)16/h6-9H,4,16H2,1-3,5H3/b8-6+,13-7+,17-9-. The van der Waals surface area contributed by atoms with Crippen molar-refractivity contribution < 1.29 is 0 Å². The number of aliphatic imine (C=N–C) groups is 1. The van der Waals surface area contributed by atoms with Crippen LogP contribution in [0.25, 0.3) is 11.6 Å². The highest BCUT2D eigenvalue weighted by Gasteiger charge is 2.10. The van der Waals surface area contributed by atoms with E-state index in [9.17, 15) is 0 Å². The Bertz CT molecular complexity index is 566. The van der Waals surface area contributed by atoms with Gasteiger partial charge in [-0.3, -0.25) is 0 Å². The molecule has 0 amide bonds. The number of hydrogen-bond acceptors (Lipinski definition) is 4. The van der Waals surface area contributed by atoms with E-state index in [0.717, 1.165) is 28.3 Å². The minimum atomic E-state index is 0.273. The summed E-state index contributed by atoms with van der Waals surface area (Å²) in [7, 11) is 0. The Hall–Kier alpha value is -2.23. The molecule has 1 aromatic heterocycles. The van der Waals surface area contributed by atoms with Gasteiger partial charge in [0, 0.05) is 23.0 Å². The van der Waals surface area contributed by atoms with Crippen molar-refractivity contribution >= 4 is 17.9 Å². The first kappa shape index (κ1) is 14.8. The van der Waals surface area contributed by atoms with Crippen molar-refractivity contribution in [2.24, 2.45) is 10.7 Å². The topological polar surface area (TPSA) is 64.2 Å². The van der Waals surface area contributed by atoms with E-state index in [1.54, 1.807) is 6.21 Å². The van der Waals surface area contributed by atoms with Gasteiger partial charge in [-0.05, 0) is 27.7 Å². The van der Waals surface area contributed by atoms with Crippen LogP contribution in [0.2, 0.25) is 0 Å². The number of nitrogens with zero attached hydrogens (tertiary/aromatic N) is 3. The lowest BCUT2D eigenvalue weighted by atomic mass is 10.0. The maximum Gasteiger partial charge on any atom is 0.126 e. The van der Waals surface area contributed by atoms with Gasteiger partial charge in [-0.1, -0.05) is 24.8 Å². The number of nitrogens with two attached hydrogens (primary N) is 1. The summed E-state index contributed by atoms with van der Waals surface area (Å²) in [5.74, 6) is 1.01. The van der Waals surface area contributed by atoms with E-state index >= 15 is 0 Å². The lowest BCUT2D eigenvalue weighted by Crippen LogP contribution is -2.03. The highest BCUT2D eigenvalue weighted by Crippen LogP contribution is 2.20. The third kappa shape index (κ3) is 3.88. The Morgan fingerprint density at radius 3 is 2.47 bits per heavy atom. The minimum absolute atomic E-state index is 0.273. The van der Waals surface area contributed by atoms with Gasteiger partial charge < -0.3 is 5.73 Å². The fraction of sp³-hybridized carbons (Fsp3) is 0.267. The predicted molar refractivity (Wildman–Crippen MR) is 81.7 cm³/mol. The van der Waals surface area contributed by atoms with E-state index in [4.69, 9.17) is 5.73 Å². The van der Waals surface area contributed by atoms with Crippen molar-refractivity contribution in [2.45, 2.75) is 27.7 Å². The fourth-order valence-electron chi connectivity index (χ4n) is 1.73. The van der Waals surface area contributed by atoms with E-state index in [1.807, 2.05) is 45.9 Å². The van der Waals surface area contributed by atoms with Crippen LogP contribution in [0.3, 0.4) is 0 Å². The van der Waals surface area contributed by atoms with E-state index in [1.165, 1.54) is 0 Å². The molecule has 0 radical (unpaired) electrons. The van der Waals surface area contributed by atoms with Crippen LogP contribution in [0, 0.1) is 13.8 Å². The summed E-state index contributed by atoms with van der Waals surface area (Å²) in [5.41, 5.74) is 9.16. The van der Waals surface area contributed by atoms with Crippen LogP contribution in [-0.2, 0) is 0 Å². The molecular formula is C15H20N4. The smallest absolute Gasteiger partial charge is 0.126 e. The summed E-state index contributed by atoms with van der Waals surface area (Å²) in [4.78, 5) is 12.9. The third-order valence-electron chi connectivity index (χ3n) is 2.54. The summed E-state index contributed by atoms with van der Waals surface area (Å²) in [6.07, 6.45) is 7.59. The van der Waals surface area contributed by atoms with Crippen molar-refractivity contribution in [3.63, 3.8) is 0 Å². The van der Waals surface area contributed by atoms with Gasteiger partial charge in [0.05, 0.1) is 5.69 Å². The Morgan fingerprint density at radius 2 is 1.95 bits per heavy atom. The molecule has 2 N–H and O–H groups in total. The number of hydrogen-bond donors (Lipinski definition) is 1. The van der Waals surface area contributed by atoms with Crippen LogP contribution < -0.4 is 5.73 Å². The molecule has 0 bridgehead atoms. The molecule has 0 unspecified atom stereocenters. The van der Waals surface area contributed by atoms with Crippen molar-refractivity contribution in [2.75, 3.05) is 0 Å². The normalized spacial score (nSPS) is 12.5. The average Bonchev–Trinajstić information content (AvgIpc) is 2.33. The lowest BCUT2D eigenvalue weighted by Gasteiger charge is -2.09. The SMILES string of the molecule is C=C(N)/N=C\C(=C/C)c1nc(C)nc(C)c1/C=C/C. The lowest BCUT2D eigenvalue weighted by molar-refractivity contribution is 0.992. The molecule has 4 nitrogen and oxygen atoms in total. The molecule has 0 aromatic carbocycles. The molecule has 0 aliphatic rings. The van der Waals surface area contributed by atoms with Crippen molar-refractivity contribution in [3.8, 4) is 0 Å². The highest BCUT2D eigenvalue weighted by atomic mass is 14.9. The van der Waals surface area contributed by atoms with Crippen LogP contribution in [-0.4, -0.2) is 16.2 Å². The average molecular weight is 256 g/mol. The summed E-state index contributed by atoms with van der Waals surface area (Å²) >= 11 is 0. The van der Waals surface area contributed by atoms with Crippen molar-refractivity contribution in [1.29, 1.82) is 0 Å². The molecule has 1 heterocycles. The van der Waals surface area contributed by atoms with Gasteiger partial charge >= 0.3 is 0 Å². The zero-order valence-electron chi connectivity index (χ0n) is 11.9. The number of rotatable bonds is 4. The molecule has 0 fully saturated rings. The summed E-state index contributed by atoms with van der Waals surface area (Å²) < 4.78 is 0. The first-order valence-electron chi connectivity index (χ1n) is 6.12. The molecule has 19 heavy (non-hydrogen) atoms. The Balaban J connectivity index is 3.42. The van der Waals surface area contributed by atoms with E-state index < -0.39 is 0 Å². The summed E-state index contributed by atoms with van der Waals surface area (Å²) in [6, 6.07) is 0. The third-order valence-corrected chi connectivity index (χ3v) is 2.54. The van der Waals surface area contributed by atoms with Crippen LogP contribution in [0.4, 0.5) is 0 Å². The minimum Gasteiger partial charge on any atom is -0.384 e. The Labute approximate surface area is 114 Å². The molecule has 0 saturated carbocycles. The zero-order valence-corrected chi connectivity index (χ0v) is 11.9. The molecule has 1 aromatic rings. The Kier molecular flexibility index (Phi) is 5.18. The maximum atomic E-state index is 5.46. The van der Waals surface area contributed by atoms with Crippen LogP contribution >= 0.6 is 0 Å². The molecule has 100 valence electrons. The van der Waals surface area contributed by atoms with Gasteiger partial charge in [0.1, 0.15) is 11.6 Å². The van der Waals surface area contributed by atoms with Gasteiger partial charge in [0.25, 0.3) is 0 Å². The van der Waals surface area contributed by atoms with Crippen molar-refractivity contribution in [3.05, 3.63) is 47.3 Å². The maximum absolute atomic E-state index is 5.46. The molecule has 0 saturated heterocycles. The van der Waals surface area contributed by atoms with Gasteiger partial charge in [0.15, 0.2) is 0 Å². The molecular weight excluding hydrogens is 236 g/mol. The monoisotopic (exact) mass is 256 g/mol. The van der Waals surface area contributed by atoms with Crippen LogP contribution in [0.5, 0.6) is 0 Å². The van der Waals surface area contributed by atoms with E-state index in [2.05, 4.69) is 21.5 Å². The Morgan fingerprint density at radius 1 is 1.26 bits per heavy atom. The summed E-state index contributed by atoms with van der Waals surface area (Å²) in [6.45, 7) is 11.3. The first-order valence-corrected chi connectivity index (χ1v) is 6.12. The van der Waals surface area contributed by atoms with Crippen LogP contribution in [0.1, 0.15) is 36.6 Å². The number of allylic oxidation sites excluding steroid dienone is 3. The molecule has 0 aliphatic heterocycles. The quantitative estimate of drug-likeness (QED) is 0.842. The highest BCUT2D eigenvalue weighted by molar-refractivity contribution is 6.10. The number of aromatic nitrogens is 2. The van der Waals surface area contributed by atoms with Gasteiger partial charge in [-0.15, -0.1) is 0 Å². The molecule has 4 heteroatoms. The molecule has 0 spiro atoms. The summed E-state index contributed by atoms with van der Waals surface area (Å²) in [5, 5.41) is 0. The second kappa shape index (κ2) is 6.64. The molecule has 1 rings (SSSR count). The fourth-order valence-corrected chi connectivity index (χ4v) is 1.73. The van der Waals surface area contributed by atoms with Gasteiger partial charge in [-0.2, -0.15) is 0 Å². The van der Waals surface area contributed by atoms with E-state index in [-0.39, 0.29) is 5.82 Å². The largest absolute Gasteiger partial charge is 0.384 e. The van der Waals surface area contributed by atoms with Crippen molar-refractivity contribution in [1.82, 2.24) is 9.97 Å². The second-order valence-electron chi connectivity index (χ2n) is 4.11. The zero-order chi connectivity index (χ0) is 14.4. The molecule has 0 atom stereocenters. The van der Waals surface area contributed by atoms with Gasteiger partial charge in [-0.25, -0.2) is 15.0 Å². The molecule has 0 aliphatic carbocycles. The number of aryl methyl sites for hydroxylation is 2. The predicted octanol–water partition coefficient (Wildman–Crippen LogP) is 3.03. The van der Waals surface area contributed by atoms with Gasteiger partial charge in [0.2, 0.25) is 0 Å². The van der Waals surface area contributed by atoms with E-state index in [0.29, 0.717) is 0 Å².